The highest BCUT2D eigenvalue weighted by Crippen LogP contribution is 2.29. The fourth-order valence-corrected chi connectivity index (χ4v) is 7.25. The van der Waals surface area contributed by atoms with Crippen LogP contribution in [0.3, 0.4) is 0 Å². The molecule has 4 rings (SSSR count). The van der Waals surface area contributed by atoms with Crippen LogP contribution >= 0.6 is 11.3 Å². The molecule has 0 bridgehead atoms. The first-order chi connectivity index (χ1) is 26.2. The van der Waals surface area contributed by atoms with Gasteiger partial charge in [-0.25, -0.2) is 10.4 Å². The van der Waals surface area contributed by atoms with Gasteiger partial charge in [-0.15, -0.1) is 11.3 Å². The summed E-state index contributed by atoms with van der Waals surface area (Å²) in [6, 6.07) is 12.5. The van der Waals surface area contributed by atoms with Crippen LogP contribution < -0.4 is 26.8 Å². The van der Waals surface area contributed by atoms with Gasteiger partial charge in [0.05, 0.1) is 28.2 Å². The lowest BCUT2D eigenvalue weighted by Gasteiger charge is -2.35. The second kappa shape index (κ2) is 20.3. The Bertz CT molecular complexity index is 1760. The molecule has 0 saturated carbocycles. The van der Waals surface area contributed by atoms with E-state index in [1.54, 1.807) is 35.6 Å². The number of anilines is 1. The molecule has 1 aliphatic rings. The van der Waals surface area contributed by atoms with E-state index < -0.39 is 29.5 Å². The molecule has 0 radical (unpaired) electrons. The van der Waals surface area contributed by atoms with Gasteiger partial charge >= 0.3 is 0 Å². The maximum Gasteiger partial charge on any atom is 0.265 e. The van der Waals surface area contributed by atoms with E-state index in [9.17, 15) is 29.1 Å². The van der Waals surface area contributed by atoms with Crippen LogP contribution in [-0.4, -0.2) is 75.8 Å². The fourth-order valence-electron chi connectivity index (χ4n) is 6.44. The van der Waals surface area contributed by atoms with Crippen LogP contribution in [0.1, 0.15) is 114 Å². The largest absolute Gasteiger partial charge is 0.391 e. The highest BCUT2D eigenvalue weighted by atomic mass is 32.1. The SMILES string of the molecule is CCCNNC(=O)c1ccc(NC(=O)CCCCCCC(=O)NC(C(=O)N2CC(O)CC2C(=O)NC(C)c2ccc(-c3scnc3C)cc2)C(C)(C)C)cc1. The number of benzene rings is 2. The molecule has 4 atom stereocenters. The Labute approximate surface area is 328 Å². The summed E-state index contributed by atoms with van der Waals surface area (Å²) in [7, 11) is 0. The summed E-state index contributed by atoms with van der Waals surface area (Å²) in [5.74, 6) is -1.40. The highest BCUT2D eigenvalue weighted by molar-refractivity contribution is 7.13. The number of nitrogens with zero attached hydrogens (tertiary/aromatic N) is 2. The minimum atomic E-state index is -0.898. The molecule has 2 heterocycles. The number of hydrazine groups is 1. The summed E-state index contributed by atoms with van der Waals surface area (Å²) < 4.78 is 0. The van der Waals surface area contributed by atoms with Crippen molar-refractivity contribution >= 4 is 46.6 Å². The lowest BCUT2D eigenvalue weighted by Crippen LogP contribution is -2.57. The Morgan fingerprint density at radius 3 is 2.18 bits per heavy atom. The quantitative estimate of drug-likeness (QED) is 0.0733. The van der Waals surface area contributed by atoms with Crippen molar-refractivity contribution in [2.75, 3.05) is 18.4 Å². The molecule has 3 aromatic rings. The maximum atomic E-state index is 14.0. The van der Waals surface area contributed by atoms with Crippen LogP contribution in [0.5, 0.6) is 0 Å². The molecule has 55 heavy (non-hydrogen) atoms. The minimum Gasteiger partial charge on any atom is -0.391 e. The molecule has 1 aromatic heterocycles. The monoisotopic (exact) mass is 775 g/mol. The summed E-state index contributed by atoms with van der Waals surface area (Å²) in [6.45, 7) is 12.1. The van der Waals surface area contributed by atoms with Crippen molar-refractivity contribution < 1.29 is 29.1 Å². The third kappa shape index (κ3) is 12.7. The number of β-amino-alcohol motifs (C(OH)–C–C–N with tert-alkyl or cyclic N) is 1. The van der Waals surface area contributed by atoms with E-state index in [2.05, 4.69) is 31.8 Å². The van der Waals surface area contributed by atoms with Gasteiger partial charge in [0.15, 0.2) is 0 Å². The van der Waals surface area contributed by atoms with Gasteiger partial charge in [-0.2, -0.15) is 0 Å². The Hall–Kier alpha value is -4.66. The molecule has 5 amide bonds. The topological polar surface area (TPSA) is 182 Å². The number of aryl methyl sites for hydroxylation is 1. The number of aliphatic hydroxyl groups is 1. The Balaban J connectivity index is 1.21. The summed E-state index contributed by atoms with van der Waals surface area (Å²) >= 11 is 1.58. The van der Waals surface area contributed by atoms with Crippen molar-refractivity contribution in [1.29, 1.82) is 0 Å². The lowest BCUT2D eigenvalue weighted by atomic mass is 9.85. The van der Waals surface area contributed by atoms with Crippen LogP contribution in [0.2, 0.25) is 0 Å². The summed E-state index contributed by atoms with van der Waals surface area (Å²) in [5.41, 5.74) is 10.6. The summed E-state index contributed by atoms with van der Waals surface area (Å²) in [5, 5.41) is 19.4. The number of carbonyl (C=O) groups is 5. The number of thiazole rings is 1. The Morgan fingerprint density at radius 2 is 1.58 bits per heavy atom. The molecule has 298 valence electrons. The van der Waals surface area contributed by atoms with Gasteiger partial charge in [0, 0.05) is 43.6 Å². The molecule has 0 aliphatic carbocycles. The van der Waals surface area contributed by atoms with Crippen LogP contribution in [-0.2, 0) is 19.2 Å². The number of aromatic nitrogens is 1. The van der Waals surface area contributed by atoms with E-state index in [0.29, 0.717) is 37.1 Å². The van der Waals surface area contributed by atoms with Crippen molar-refractivity contribution in [3.63, 3.8) is 0 Å². The molecule has 6 N–H and O–H groups in total. The number of likely N-dealkylation sites (tertiary alicyclic amines) is 1. The Morgan fingerprint density at radius 1 is 0.927 bits per heavy atom. The average Bonchev–Trinajstić information content (AvgIpc) is 3.76. The van der Waals surface area contributed by atoms with Gasteiger partial charge in [-0.1, -0.05) is 64.8 Å². The molecular weight excluding hydrogens is 719 g/mol. The molecule has 1 saturated heterocycles. The van der Waals surface area contributed by atoms with Crippen LogP contribution in [0.4, 0.5) is 5.69 Å². The van der Waals surface area contributed by atoms with Crippen LogP contribution in [0, 0.1) is 12.3 Å². The van der Waals surface area contributed by atoms with Gasteiger partial charge in [-0.05, 0) is 73.9 Å². The van der Waals surface area contributed by atoms with Crippen molar-refractivity contribution in [2.45, 2.75) is 117 Å². The second-order valence-corrected chi connectivity index (χ2v) is 16.2. The molecule has 13 nitrogen and oxygen atoms in total. The summed E-state index contributed by atoms with van der Waals surface area (Å²) in [4.78, 5) is 72.0. The van der Waals surface area contributed by atoms with Crippen LogP contribution in [0.15, 0.2) is 54.0 Å². The molecule has 0 spiro atoms. The van der Waals surface area contributed by atoms with Crippen molar-refractivity contribution in [3.05, 3.63) is 70.9 Å². The van der Waals surface area contributed by atoms with E-state index in [-0.39, 0.29) is 49.1 Å². The average molecular weight is 776 g/mol. The zero-order valence-corrected chi connectivity index (χ0v) is 33.7. The molecular formula is C41H57N7O6S. The normalized spacial score (nSPS) is 16.6. The van der Waals surface area contributed by atoms with Gasteiger partial charge in [0.1, 0.15) is 12.1 Å². The number of carbonyl (C=O) groups excluding carboxylic acids is 5. The van der Waals surface area contributed by atoms with Gasteiger partial charge in [-0.3, -0.25) is 29.4 Å². The first kappa shape index (κ1) is 43.1. The standard InChI is InChI=1S/C41H57N7O6S/c1-7-22-43-47-38(52)30-18-20-31(21-19-30)45-34(50)12-10-8-9-11-13-35(51)46-37(41(4,5)6)40(54)48-24-32(49)23-33(48)39(53)44-26(2)28-14-16-29(17-15-28)36-27(3)42-25-55-36/h14-21,25-26,32-33,37,43,49H,7-13,22-24H2,1-6H3,(H,44,53)(H,45,50)(H,46,51)(H,47,52). The number of hydrogen-bond donors (Lipinski definition) is 6. The number of amides is 5. The van der Waals surface area contributed by atoms with E-state index in [1.165, 1.54) is 4.90 Å². The maximum absolute atomic E-state index is 14.0. The van der Waals surface area contributed by atoms with Crippen molar-refractivity contribution in [2.24, 2.45) is 5.41 Å². The van der Waals surface area contributed by atoms with Gasteiger partial charge < -0.3 is 26.0 Å². The lowest BCUT2D eigenvalue weighted by molar-refractivity contribution is -0.144. The molecule has 2 aromatic carbocycles. The number of aliphatic hydroxyl groups excluding tert-OH is 1. The van der Waals surface area contributed by atoms with E-state index in [0.717, 1.165) is 41.0 Å². The van der Waals surface area contributed by atoms with Gasteiger partial charge in [0.25, 0.3) is 5.91 Å². The molecule has 4 unspecified atom stereocenters. The number of rotatable bonds is 18. The number of hydrogen-bond acceptors (Lipinski definition) is 9. The second-order valence-electron chi connectivity index (χ2n) is 15.3. The number of unbranched alkanes of at least 4 members (excludes halogenated alkanes) is 3. The zero-order valence-electron chi connectivity index (χ0n) is 32.9. The van der Waals surface area contributed by atoms with Crippen molar-refractivity contribution in [1.82, 2.24) is 31.4 Å². The summed E-state index contributed by atoms with van der Waals surface area (Å²) in [6.07, 6.45) is 3.41. The first-order valence-corrected chi connectivity index (χ1v) is 20.1. The third-order valence-corrected chi connectivity index (χ3v) is 10.6. The molecule has 14 heteroatoms. The van der Waals surface area contributed by atoms with E-state index in [4.69, 9.17) is 0 Å². The smallest absolute Gasteiger partial charge is 0.265 e. The van der Waals surface area contributed by atoms with Crippen LogP contribution in [0.25, 0.3) is 10.4 Å². The zero-order chi connectivity index (χ0) is 40.1. The Kier molecular flexibility index (Phi) is 15.9. The van der Waals surface area contributed by atoms with Gasteiger partial charge in [0.2, 0.25) is 23.6 Å². The van der Waals surface area contributed by atoms with Crippen molar-refractivity contribution in [3.8, 4) is 10.4 Å². The first-order valence-electron chi connectivity index (χ1n) is 19.2. The highest BCUT2D eigenvalue weighted by Gasteiger charge is 2.44. The minimum absolute atomic E-state index is 0.00350. The number of nitrogens with one attached hydrogen (secondary N) is 5. The molecule has 1 fully saturated rings. The fraction of sp³-hybridized carbons (Fsp3) is 0.512. The van der Waals surface area contributed by atoms with E-state index in [1.807, 2.05) is 71.3 Å². The molecule has 1 aliphatic heterocycles. The third-order valence-electron chi connectivity index (χ3n) is 9.63. The predicted octanol–water partition coefficient (Wildman–Crippen LogP) is 5.41. The predicted molar refractivity (Wildman–Crippen MR) is 215 cm³/mol. The van der Waals surface area contributed by atoms with E-state index >= 15 is 0 Å².